The van der Waals surface area contributed by atoms with Gasteiger partial charge in [0, 0.05) is 30.5 Å². The predicted octanol–water partition coefficient (Wildman–Crippen LogP) is 2.74. The van der Waals surface area contributed by atoms with Crippen LogP contribution < -0.4 is 4.74 Å². The van der Waals surface area contributed by atoms with Crippen molar-refractivity contribution in [1.29, 1.82) is 0 Å². The Balaban J connectivity index is 2.00. The second kappa shape index (κ2) is 4.87. The molecule has 2 atom stereocenters. The molecule has 2 aliphatic rings. The molecule has 102 valence electrons. The average Bonchev–Trinajstić information content (AvgIpc) is 2.75. The largest absolute Gasteiger partial charge is 0.496 e. The summed E-state index contributed by atoms with van der Waals surface area (Å²) in [6.07, 6.45) is 3.84. The Kier molecular flexibility index (Phi) is 3.21. The highest BCUT2D eigenvalue weighted by Gasteiger charge is 2.43. The third-order valence-electron chi connectivity index (χ3n) is 4.50. The summed E-state index contributed by atoms with van der Waals surface area (Å²) in [6, 6.07) is 6.64. The fraction of sp³-hybridized carbons (Fsp3) is 0.562. The topological polar surface area (TPSA) is 29.5 Å². The summed E-state index contributed by atoms with van der Waals surface area (Å²) in [5.41, 5.74) is 2.65. The van der Waals surface area contributed by atoms with Crippen LogP contribution in [0.1, 0.15) is 43.2 Å². The molecule has 1 heterocycles. The molecular formula is C16H21NO2. The van der Waals surface area contributed by atoms with Gasteiger partial charge in [0.1, 0.15) is 5.75 Å². The normalized spacial score (nSPS) is 25.2. The number of hydrogen-bond donors (Lipinski definition) is 0. The molecule has 1 amide bonds. The van der Waals surface area contributed by atoms with E-state index < -0.39 is 0 Å². The van der Waals surface area contributed by atoms with E-state index in [1.807, 2.05) is 6.07 Å². The Morgan fingerprint density at radius 3 is 3.00 bits per heavy atom. The van der Waals surface area contributed by atoms with E-state index in [-0.39, 0.29) is 0 Å². The van der Waals surface area contributed by atoms with Crippen LogP contribution in [-0.4, -0.2) is 30.5 Å². The molecule has 3 heteroatoms. The minimum Gasteiger partial charge on any atom is -0.496 e. The summed E-state index contributed by atoms with van der Waals surface area (Å²) in [4.78, 5) is 14.3. The van der Waals surface area contributed by atoms with Crippen molar-refractivity contribution in [3.05, 3.63) is 29.3 Å². The molecule has 1 aromatic carbocycles. The number of hydrogen-bond acceptors (Lipinski definition) is 2. The van der Waals surface area contributed by atoms with Gasteiger partial charge in [-0.15, -0.1) is 0 Å². The lowest BCUT2D eigenvalue weighted by molar-refractivity contribution is -0.129. The fourth-order valence-electron chi connectivity index (χ4n) is 3.74. The zero-order valence-corrected chi connectivity index (χ0v) is 11.7. The van der Waals surface area contributed by atoms with Crippen molar-refractivity contribution >= 4 is 5.91 Å². The highest BCUT2D eigenvalue weighted by atomic mass is 16.5. The van der Waals surface area contributed by atoms with Gasteiger partial charge in [0.05, 0.1) is 7.11 Å². The van der Waals surface area contributed by atoms with Crippen molar-refractivity contribution < 1.29 is 9.53 Å². The van der Waals surface area contributed by atoms with Crippen LogP contribution in [0, 0.1) is 0 Å². The number of rotatable bonds is 3. The predicted molar refractivity (Wildman–Crippen MR) is 74.5 cm³/mol. The molecule has 1 aromatic rings. The first-order chi connectivity index (χ1) is 9.26. The number of methoxy groups -OCH3 is 1. The number of amides is 1. The molecule has 0 saturated carbocycles. The second-order valence-electron chi connectivity index (χ2n) is 5.54. The second-order valence-corrected chi connectivity index (χ2v) is 5.54. The van der Waals surface area contributed by atoms with Gasteiger partial charge in [-0.25, -0.2) is 0 Å². The van der Waals surface area contributed by atoms with Crippen molar-refractivity contribution in [2.75, 3.05) is 13.7 Å². The summed E-state index contributed by atoms with van der Waals surface area (Å²) in [6.45, 7) is 3.03. The number of fused-ring (bicyclic) bond motifs is 3. The molecule has 19 heavy (non-hydrogen) atoms. The van der Waals surface area contributed by atoms with E-state index in [0.29, 0.717) is 24.3 Å². The lowest BCUT2D eigenvalue weighted by atomic mass is 9.79. The number of likely N-dealkylation sites (tertiary alicyclic amines) is 1. The molecule has 0 N–H and O–H groups in total. The van der Waals surface area contributed by atoms with Crippen molar-refractivity contribution in [1.82, 2.24) is 4.90 Å². The summed E-state index contributed by atoms with van der Waals surface area (Å²) < 4.78 is 5.52. The van der Waals surface area contributed by atoms with Gasteiger partial charge in [-0.2, -0.15) is 0 Å². The zero-order valence-electron chi connectivity index (χ0n) is 11.7. The van der Waals surface area contributed by atoms with E-state index >= 15 is 0 Å². The molecular weight excluding hydrogens is 238 g/mol. The number of carbonyl (C=O) groups is 1. The molecule has 3 nitrogen and oxygen atoms in total. The highest BCUT2D eigenvalue weighted by molar-refractivity contribution is 5.81. The Morgan fingerprint density at radius 2 is 2.26 bits per heavy atom. The van der Waals surface area contributed by atoms with Gasteiger partial charge >= 0.3 is 0 Å². The Labute approximate surface area is 114 Å². The number of ether oxygens (including phenoxy) is 1. The van der Waals surface area contributed by atoms with Crippen LogP contribution in [0.2, 0.25) is 0 Å². The van der Waals surface area contributed by atoms with Crippen LogP contribution in [0.4, 0.5) is 0 Å². The Hall–Kier alpha value is -1.51. The van der Waals surface area contributed by atoms with E-state index in [9.17, 15) is 4.79 Å². The number of nitrogens with zero attached hydrogens (tertiary/aromatic N) is 1. The Bertz CT molecular complexity index is 483. The molecule has 0 aromatic heterocycles. The van der Waals surface area contributed by atoms with Gasteiger partial charge in [-0.3, -0.25) is 4.79 Å². The number of carbonyl (C=O) groups excluding carboxylic acids is 1. The van der Waals surface area contributed by atoms with E-state index in [4.69, 9.17) is 4.74 Å². The van der Waals surface area contributed by atoms with Gasteiger partial charge in [0.2, 0.25) is 5.91 Å². The minimum absolute atomic E-state index is 0.315. The van der Waals surface area contributed by atoms with Gasteiger partial charge in [-0.05, 0) is 30.9 Å². The van der Waals surface area contributed by atoms with Crippen molar-refractivity contribution in [3.8, 4) is 5.75 Å². The van der Waals surface area contributed by atoms with Gasteiger partial charge < -0.3 is 9.64 Å². The van der Waals surface area contributed by atoms with Gasteiger partial charge in [-0.1, -0.05) is 19.1 Å². The summed E-state index contributed by atoms with van der Waals surface area (Å²) >= 11 is 0. The van der Waals surface area contributed by atoms with E-state index in [0.717, 1.165) is 31.6 Å². The van der Waals surface area contributed by atoms with Crippen LogP contribution >= 0.6 is 0 Å². The number of aryl methyl sites for hydroxylation is 1. The number of benzene rings is 1. The maximum Gasteiger partial charge on any atom is 0.223 e. The lowest BCUT2D eigenvalue weighted by Gasteiger charge is -2.33. The smallest absolute Gasteiger partial charge is 0.223 e. The molecule has 1 fully saturated rings. The summed E-state index contributed by atoms with van der Waals surface area (Å²) in [5.74, 6) is 1.60. The molecule has 0 spiro atoms. The average molecular weight is 259 g/mol. The van der Waals surface area contributed by atoms with Crippen LogP contribution in [0.15, 0.2) is 18.2 Å². The van der Waals surface area contributed by atoms with Crippen LogP contribution in [0.3, 0.4) is 0 Å². The Morgan fingerprint density at radius 1 is 1.42 bits per heavy atom. The fourth-order valence-corrected chi connectivity index (χ4v) is 3.74. The van der Waals surface area contributed by atoms with Crippen molar-refractivity contribution in [3.63, 3.8) is 0 Å². The third-order valence-corrected chi connectivity index (χ3v) is 4.50. The van der Waals surface area contributed by atoms with Crippen LogP contribution in [0.25, 0.3) is 0 Å². The first-order valence-corrected chi connectivity index (χ1v) is 7.21. The van der Waals surface area contributed by atoms with E-state index in [2.05, 4.69) is 24.0 Å². The maximum absolute atomic E-state index is 12.2. The summed E-state index contributed by atoms with van der Waals surface area (Å²) in [5, 5.41) is 0. The lowest BCUT2D eigenvalue weighted by Crippen LogP contribution is -2.37. The minimum atomic E-state index is 0.315. The molecule has 0 radical (unpaired) electrons. The quantitative estimate of drug-likeness (QED) is 0.835. The van der Waals surface area contributed by atoms with Crippen molar-refractivity contribution in [2.24, 2.45) is 0 Å². The zero-order chi connectivity index (χ0) is 13.4. The molecule has 1 saturated heterocycles. The molecule has 0 bridgehead atoms. The first kappa shape index (κ1) is 12.5. The highest BCUT2D eigenvalue weighted by Crippen LogP contribution is 2.45. The van der Waals surface area contributed by atoms with Gasteiger partial charge in [0.15, 0.2) is 0 Å². The molecule has 3 rings (SSSR count). The SMILES string of the molecule is CCCN1C(=O)C[C@@H]2c3c(cccc3OC)CC[C@@H]21. The first-order valence-electron chi connectivity index (χ1n) is 7.21. The maximum atomic E-state index is 12.2. The van der Waals surface area contributed by atoms with E-state index in [1.165, 1.54) is 11.1 Å². The van der Waals surface area contributed by atoms with E-state index in [1.54, 1.807) is 7.11 Å². The standard InChI is InChI=1S/C16H21NO2/c1-3-9-17-13-8-7-11-5-4-6-14(19-2)16(11)12(13)10-15(17)18/h4-6,12-13H,3,7-10H2,1-2H3/t12-,13-/m0/s1. The van der Waals surface area contributed by atoms with Crippen LogP contribution in [0.5, 0.6) is 5.75 Å². The molecule has 0 unspecified atom stereocenters. The molecule has 1 aliphatic heterocycles. The van der Waals surface area contributed by atoms with Crippen molar-refractivity contribution in [2.45, 2.75) is 44.6 Å². The van der Waals surface area contributed by atoms with Crippen LogP contribution in [-0.2, 0) is 11.2 Å². The molecule has 1 aliphatic carbocycles. The van der Waals surface area contributed by atoms with Gasteiger partial charge in [0.25, 0.3) is 0 Å². The third kappa shape index (κ3) is 1.92. The summed E-state index contributed by atoms with van der Waals surface area (Å²) in [7, 11) is 1.72. The monoisotopic (exact) mass is 259 g/mol.